The summed E-state index contributed by atoms with van der Waals surface area (Å²) in [7, 11) is 0. The summed E-state index contributed by atoms with van der Waals surface area (Å²) >= 11 is 0. The minimum atomic E-state index is -0.0202. The first-order valence-electron chi connectivity index (χ1n) is 12.2. The maximum atomic E-state index is 6.32. The highest BCUT2D eigenvalue weighted by Crippen LogP contribution is 2.38. The smallest absolute Gasteiger partial charge is 0.227 e. The Hall–Kier alpha value is -2.54. The van der Waals surface area contributed by atoms with E-state index in [4.69, 9.17) is 19.7 Å². The van der Waals surface area contributed by atoms with E-state index in [0.717, 1.165) is 41.3 Å². The third-order valence-electron chi connectivity index (χ3n) is 7.35. The zero-order valence-electron chi connectivity index (χ0n) is 19.3. The molecule has 2 atom stereocenters. The van der Waals surface area contributed by atoms with Gasteiger partial charge in [0.05, 0.1) is 30.6 Å². The van der Waals surface area contributed by atoms with Crippen LogP contribution >= 0.6 is 0 Å². The van der Waals surface area contributed by atoms with Crippen molar-refractivity contribution in [3.05, 3.63) is 41.0 Å². The van der Waals surface area contributed by atoms with Crippen molar-refractivity contribution in [3.63, 3.8) is 0 Å². The van der Waals surface area contributed by atoms with Crippen molar-refractivity contribution < 1.29 is 4.74 Å². The Kier molecular flexibility index (Phi) is 4.90. The number of ether oxygens (including phenoxy) is 1. The SMILES string of the molecule is Cc1cc2c(C3CCCC3)nc(N3CC(C)OC(c4cnn(C5CC5)c4)C3)nc2nc1C. The Labute approximate surface area is 189 Å². The molecule has 0 spiro atoms. The number of rotatable bonds is 4. The van der Waals surface area contributed by atoms with E-state index < -0.39 is 0 Å². The first kappa shape index (κ1) is 20.1. The van der Waals surface area contributed by atoms with Gasteiger partial charge < -0.3 is 9.64 Å². The number of aryl methyl sites for hydroxylation is 2. The lowest BCUT2D eigenvalue weighted by Gasteiger charge is -2.36. The minimum absolute atomic E-state index is 0.0202. The third kappa shape index (κ3) is 3.66. The molecule has 7 nitrogen and oxygen atoms in total. The molecule has 32 heavy (non-hydrogen) atoms. The van der Waals surface area contributed by atoms with Gasteiger partial charge in [0.15, 0.2) is 5.65 Å². The predicted octanol–water partition coefficient (Wildman–Crippen LogP) is 4.80. The van der Waals surface area contributed by atoms with E-state index in [9.17, 15) is 0 Å². The average Bonchev–Trinajstić information content (AvgIpc) is 3.27. The van der Waals surface area contributed by atoms with E-state index in [2.05, 4.69) is 47.7 Å². The molecule has 0 radical (unpaired) electrons. The molecule has 0 N–H and O–H groups in total. The highest BCUT2D eigenvalue weighted by Gasteiger charge is 2.32. The number of fused-ring (bicyclic) bond motifs is 1. The molecule has 4 heterocycles. The summed E-state index contributed by atoms with van der Waals surface area (Å²) in [5, 5.41) is 5.71. The second-order valence-corrected chi connectivity index (χ2v) is 9.98. The van der Waals surface area contributed by atoms with Crippen LogP contribution in [0.1, 0.15) is 86.0 Å². The quantitative estimate of drug-likeness (QED) is 0.590. The number of hydrogen-bond donors (Lipinski definition) is 0. The monoisotopic (exact) mass is 432 g/mol. The molecule has 0 aromatic carbocycles. The molecule has 7 heteroatoms. The standard InChI is InChI=1S/C25H32N6O/c1-15-10-21-23(18-6-4-5-7-18)28-25(29-24(21)27-17(15)3)30-12-16(2)32-22(14-30)19-11-26-31(13-19)20-8-9-20/h10-11,13,16,18,20,22H,4-9,12,14H2,1-3H3. The minimum Gasteiger partial charge on any atom is -0.367 e. The normalized spacial score (nSPS) is 24.5. The summed E-state index contributed by atoms with van der Waals surface area (Å²) in [6.45, 7) is 7.85. The highest BCUT2D eigenvalue weighted by molar-refractivity contribution is 5.80. The van der Waals surface area contributed by atoms with E-state index in [1.807, 2.05) is 6.20 Å². The van der Waals surface area contributed by atoms with Gasteiger partial charge in [-0.1, -0.05) is 12.8 Å². The van der Waals surface area contributed by atoms with Gasteiger partial charge in [0.25, 0.3) is 0 Å². The topological polar surface area (TPSA) is 69.0 Å². The fourth-order valence-corrected chi connectivity index (χ4v) is 5.26. The lowest BCUT2D eigenvalue weighted by atomic mass is 9.99. The number of hydrogen-bond acceptors (Lipinski definition) is 6. The molecular formula is C25H32N6O. The Balaban J connectivity index is 1.37. The first-order valence-corrected chi connectivity index (χ1v) is 12.2. The van der Waals surface area contributed by atoms with E-state index in [-0.39, 0.29) is 12.2 Å². The molecule has 168 valence electrons. The largest absolute Gasteiger partial charge is 0.367 e. The van der Waals surface area contributed by atoms with Crippen molar-refractivity contribution in [2.75, 3.05) is 18.0 Å². The molecule has 6 rings (SSSR count). The van der Waals surface area contributed by atoms with Crippen molar-refractivity contribution in [1.29, 1.82) is 0 Å². The van der Waals surface area contributed by atoms with Crippen LogP contribution in [0.5, 0.6) is 0 Å². The van der Waals surface area contributed by atoms with Gasteiger partial charge in [-0.25, -0.2) is 9.97 Å². The molecule has 1 aliphatic heterocycles. The molecule has 0 bridgehead atoms. The highest BCUT2D eigenvalue weighted by atomic mass is 16.5. The van der Waals surface area contributed by atoms with E-state index in [0.29, 0.717) is 12.0 Å². The maximum Gasteiger partial charge on any atom is 0.227 e. The fraction of sp³-hybridized carbons (Fsp3) is 0.600. The fourth-order valence-electron chi connectivity index (χ4n) is 5.26. The summed E-state index contributed by atoms with van der Waals surface area (Å²) in [6.07, 6.45) is 11.7. The Morgan fingerprint density at radius 1 is 1.00 bits per heavy atom. The van der Waals surface area contributed by atoms with E-state index in [1.54, 1.807) is 0 Å². The van der Waals surface area contributed by atoms with Crippen molar-refractivity contribution in [3.8, 4) is 0 Å². The van der Waals surface area contributed by atoms with Crippen molar-refractivity contribution in [2.24, 2.45) is 0 Å². The van der Waals surface area contributed by atoms with Crippen LogP contribution in [0.2, 0.25) is 0 Å². The van der Waals surface area contributed by atoms with Crippen LogP contribution in [0, 0.1) is 13.8 Å². The number of nitrogens with zero attached hydrogens (tertiary/aromatic N) is 6. The van der Waals surface area contributed by atoms with Gasteiger partial charge in [-0.2, -0.15) is 10.1 Å². The molecule has 3 aliphatic rings. The zero-order chi connectivity index (χ0) is 21.8. The summed E-state index contributed by atoms with van der Waals surface area (Å²) in [6, 6.07) is 2.82. The average molecular weight is 433 g/mol. The van der Waals surface area contributed by atoms with Gasteiger partial charge in [0.1, 0.15) is 6.10 Å². The maximum absolute atomic E-state index is 6.32. The van der Waals surface area contributed by atoms with Gasteiger partial charge in [-0.05, 0) is 58.1 Å². The molecule has 3 fully saturated rings. The molecule has 0 amide bonds. The Bertz CT molecular complexity index is 1150. The lowest BCUT2D eigenvalue weighted by Crippen LogP contribution is -2.43. The van der Waals surface area contributed by atoms with Gasteiger partial charge in [0.2, 0.25) is 5.95 Å². The summed E-state index contributed by atoms with van der Waals surface area (Å²) in [5.41, 5.74) is 5.42. The molecular weight excluding hydrogens is 400 g/mol. The van der Waals surface area contributed by atoms with Crippen LogP contribution in [-0.2, 0) is 4.74 Å². The van der Waals surface area contributed by atoms with E-state index in [1.165, 1.54) is 49.8 Å². The molecule has 2 unspecified atom stereocenters. The molecule has 2 saturated carbocycles. The summed E-state index contributed by atoms with van der Waals surface area (Å²) < 4.78 is 8.42. The zero-order valence-corrected chi connectivity index (χ0v) is 19.3. The summed E-state index contributed by atoms with van der Waals surface area (Å²) in [4.78, 5) is 17.3. The lowest BCUT2D eigenvalue weighted by molar-refractivity contribution is -0.0179. The Morgan fingerprint density at radius 2 is 1.81 bits per heavy atom. The number of morpholine rings is 1. The van der Waals surface area contributed by atoms with Gasteiger partial charge in [0, 0.05) is 35.3 Å². The summed E-state index contributed by atoms with van der Waals surface area (Å²) in [5.74, 6) is 1.30. The van der Waals surface area contributed by atoms with Crippen LogP contribution in [0.15, 0.2) is 18.5 Å². The second kappa shape index (κ2) is 7.80. The molecule has 1 saturated heterocycles. The van der Waals surface area contributed by atoms with Gasteiger partial charge in [-0.3, -0.25) is 4.68 Å². The van der Waals surface area contributed by atoms with Crippen LogP contribution in [0.3, 0.4) is 0 Å². The third-order valence-corrected chi connectivity index (χ3v) is 7.35. The number of aromatic nitrogens is 5. The van der Waals surface area contributed by atoms with Crippen LogP contribution < -0.4 is 4.90 Å². The second-order valence-electron chi connectivity index (χ2n) is 9.98. The molecule has 2 aliphatic carbocycles. The number of anilines is 1. The van der Waals surface area contributed by atoms with E-state index >= 15 is 0 Å². The predicted molar refractivity (Wildman–Crippen MR) is 124 cm³/mol. The van der Waals surface area contributed by atoms with Gasteiger partial charge >= 0.3 is 0 Å². The molecule has 3 aromatic rings. The van der Waals surface area contributed by atoms with Crippen LogP contribution in [0.25, 0.3) is 11.0 Å². The van der Waals surface area contributed by atoms with Crippen LogP contribution in [0.4, 0.5) is 5.95 Å². The van der Waals surface area contributed by atoms with Crippen molar-refractivity contribution >= 4 is 17.0 Å². The van der Waals surface area contributed by atoms with Crippen LogP contribution in [-0.4, -0.2) is 43.9 Å². The first-order chi connectivity index (χ1) is 15.5. The Morgan fingerprint density at radius 3 is 2.59 bits per heavy atom. The van der Waals surface area contributed by atoms with Crippen molar-refractivity contribution in [2.45, 2.75) is 83.5 Å². The molecule has 3 aromatic heterocycles. The van der Waals surface area contributed by atoms with Crippen molar-refractivity contribution in [1.82, 2.24) is 24.7 Å². The number of pyridine rings is 1. The van der Waals surface area contributed by atoms with Gasteiger partial charge in [-0.15, -0.1) is 0 Å².